The normalized spacial score (nSPS) is 12.1. The number of nitrogens with zero attached hydrogens (tertiary/aromatic N) is 1. The molecule has 0 aliphatic carbocycles. The number of hydrogen-bond donors (Lipinski definition) is 2. The summed E-state index contributed by atoms with van der Waals surface area (Å²) in [5.41, 5.74) is 7.43. The predicted molar refractivity (Wildman–Crippen MR) is 83.9 cm³/mol. The first kappa shape index (κ1) is 15.6. The Morgan fingerprint density at radius 1 is 1.43 bits per heavy atom. The molecule has 2 rings (SSSR count). The lowest BCUT2D eigenvalue weighted by Crippen LogP contribution is -2.31. The van der Waals surface area contributed by atoms with Crippen molar-refractivity contribution in [3.05, 3.63) is 41.4 Å². The van der Waals surface area contributed by atoms with E-state index in [0.717, 1.165) is 16.3 Å². The van der Waals surface area contributed by atoms with Gasteiger partial charge in [-0.05, 0) is 0 Å². The van der Waals surface area contributed by atoms with E-state index in [1.54, 1.807) is 18.4 Å². The summed E-state index contributed by atoms with van der Waals surface area (Å²) in [6.45, 7) is 0.752. The van der Waals surface area contributed by atoms with E-state index >= 15 is 0 Å². The predicted octanol–water partition coefficient (Wildman–Crippen LogP) is 1.79. The molecule has 0 spiro atoms. The SMILES string of the molecule is COC(CN)CC(=O)NCc1csc(-c2ccccc2)n1. The third-order valence-corrected chi connectivity index (χ3v) is 3.99. The summed E-state index contributed by atoms with van der Waals surface area (Å²) in [7, 11) is 1.55. The number of nitrogens with two attached hydrogens (primary N) is 1. The summed E-state index contributed by atoms with van der Waals surface area (Å²) in [6.07, 6.45) is 0.0307. The average Bonchev–Trinajstić information content (AvgIpc) is 3.00. The second-order valence-electron chi connectivity index (χ2n) is 4.58. The quantitative estimate of drug-likeness (QED) is 0.817. The number of hydrogen-bond acceptors (Lipinski definition) is 5. The fourth-order valence-electron chi connectivity index (χ4n) is 1.83. The molecule has 1 unspecified atom stereocenters. The maximum atomic E-state index is 11.8. The van der Waals surface area contributed by atoms with Crippen LogP contribution in [-0.2, 0) is 16.1 Å². The van der Waals surface area contributed by atoms with E-state index < -0.39 is 0 Å². The van der Waals surface area contributed by atoms with Gasteiger partial charge in [0, 0.05) is 24.6 Å². The molecule has 0 aliphatic rings. The Bertz CT molecular complexity index is 567. The Hall–Kier alpha value is -1.76. The maximum Gasteiger partial charge on any atom is 0.222 e. The number of thiazole rings is 1. The summed E-state index contributed by atoms with van der Waals surface area (Å²) < 4.78 is 5.08. The number of ether oxygens (including phenoxy) is 1. The number of rotatable bonds is 7. The molecule has 1 heterocycles. The lowest BCUT2D eigenvalue weighted by Gasteiger charge is -2.11. The van der Waals surface area contributed by atoms with Gasteiger partial charge in [0.1, 0.15) is 5.01 Å². The van der Waals surface area contributed by atoms with Crippen molar-refractivity contribution < 1.29 is 9.53 Å². The highest BCUT2D eigenvalue weighted by Crippen LogP contribution is 2.23. The number of aromatic nitrogens is 1. The first-order valence-corrected chi connectivity index (χ1v) is 7.60. The molecule has 21 heavy (non-hydrogen) atoms. The van der Waals surface area contributed by atoms with Gasteiger partial charge in [-0.3, -0.25) is 4.79 Å². The average molecular weight is 305 g/mol. The highest BCUT2D eigenvalue weighted by molar-refractivity contribution is 7.13. The van der Waals surface area contributed by atoms with Gasteiger partial charge in [0.25, 0.3) is 0 Å². The molecule has 0 aliphatic heterocycles. The molecule has 0 saturated heterocycles. The van der Waals surface area contributed by atoms with E-state index in [4.69, 9.17) is 10.5 Å². The van der Waals surface area contributed by atoms with Crippen LogP contribution in [0, 0.1) is 0 Å². The van der Waals surface area contributed by atoms with Gasteiger partial charge in [0.05, 0.1) is 24.8 Å². The van der Waals surface area contributed by atoms with Gasteiger partial charge in [0.15, 0.2) is 0 Å². The highest BCUT2D eigenvalue weighted by atomic mass is 32.1. The molecule has 1 amide bonds. The van der Waals surface area contributed by atoms with Gasteiger partial charge in [-0.2, -0.15) is 0 Å². The number of amides is 1. The van der Waals surface area contributed by atoms with Crippen LogP contribution in [0.15, 0.2) is 35.7 Å². The second-order valence-corrected chi connectivity index (χ2v) is 5.44. The molecule has 1 aromatic heterocycles. The molecule has 6 heteroatoms. The van der Waals surface area contributed by atoms with Crippen molar-refractivity contribution in [1.29, 1.82) is 0 Å². The molecule has 0 bridgehead atoms. The molecule has 2 aromatic rings. The monoisotopic (exact) mass is 305 g/mol. The first-order chi connectivity index (χ1) is 10.2. The van der Waals surface area contributed by atoms with E-state index in [2.05, 4.69) is 10.3 Å². The molecule has 0 saturated carbocycles. The molecule has 0 radical (unpaired) electrons. The zero-order valence-electron chi connectivity index (χ0n) is 11.9. The van der Waals surface area contributed by atoms with E-state index in [1.165, 1.54) is 0 Å². The van der Waals surface area contributed by atoms with Crippen LogP contribution >= 0.6 is 11.3 Å². The summed E-state index contributed by atoms with van der Waals surface area (Å²) in [5, 5.41) is 5.75. The van der Waals surface area contributed by atoms with Crippen molar-refractivity contribution >= 4 is 17.2 Å². The standard InChI is InChI=1S/C15H19N3O2S/c1-20-13(8-16)7-14(19)17-9-12-10-21-15(18-12)11-5-3-2-4-6-11/h2-6,10,13H,7-9,16H2,1H3,(H,17,19). The lowest BCUT2D eigenvalue weighted by atomic mass is 10.2. The van der Waals surface area contributed by atoms with Crippen molar-refractivity contribution in [3.63, 3.8) is 0 Å². The van der Waals surface area contributed by atoms with Crippen LogP contribution in [0.1, 0.15) is 12.1 Å². The fraction of sp³-hybridized carbons (Fsp3) is 0.333. The molecule has 3 N–H and O–H groups in total. The Kier molecular flexibility index (Phi) is 5.86. The Labute approximate surface area is 128 Å². The fourth-order valence-corrected chi connectivity index (χ4v) is 2.66. The maximum absolute atomic E-state index is 11.8. The van der Waals surface area contributed by atoms with E-state index in [1.807, 2.05) is 35.7 Å². The van der Waals surface area contributed by atoms with Gasteiger partial charge < -0.3 is 15.8 Å². The number of nitrogens with one attached hydrogen (secondary N) is 1. The summed E-state index contributed by atoms with van der Waals surface area (Å²) in [6, 6.07) is 9.98. The van der Waals surface area contributed by atoms with Crippen molar-refractivity contribution in [2.45, 2.75) is 19.1 Å². The third kappa shape index (κ3) is 4.63. The third-order valence-electron chi connectivity index (χ3n) is 3.05. The molecule has 112 valence electrons. The summed E-state index contributed by atoms with van der Waals surface area (Å²) in [4.78, 5) is 16.3. The minimum atomic E-state index is -0.236. The number of benzene rings is 1. The van der Waals surface area contributed by atoms with Crippen LogP contribution in [0.5, 0.6) is 0 Å². The van der Waals surface area contributed by atoms with Crippen molar-refractivity contribution in [3.8, 4) is 10.6 Å². The Morgan fingerprint density at radius 2 is 2.19 bits per heavy atom. The van der Waals surface area contributed by atoms with Crippen LogP contribution in [0.4, 0.5) is 0 Å². The smallest absolute Gasteiger partial charge is 0.222 e. The number of methoxy groups -OCH3 is 1. The number of carbonyl (C=O) groups is 1. The minimum absolute atomic E-state index is 0.0819. The van der Waals surface area contributed by atoms with Gasteiger partial charge in [-0.15, -0.1) is 11.3 Å². The zero-order valence-corrected chi connectivity index (χ0v) is 12.7. The first-order valence-electron chi connectivity index (χ1n) is 6.72. The van der Waals surface area contributed by atoms with E-state index in [-0.39, 0.29) is 18.4 Å². The molecule has 0 fully saturated rings. The Balaban J connectivity index is 1.87. The van der Waals surface area contributed by atoms with Gasteiger partial charge in [0.2, 0.25) is 5.91 Å². The van der Waals surface area contributed by atoms with E-state index in [9.17, 15) is 4.79 Å². The topological polar surface area (TPSA) is 77.2 Å². The zero-order chi connectivity index (χ0) is 15.1. The van der Waals surface area contributed by atoms with Crippen LogP contribution in [0.3, 0.4) is 0 Å². The molecule has 1 aromatic carbocycles. The largest absolute Gasteiger partial charge is 0.380 e. The lowest BCUT2D eigenvalue weighted by molar-refractivity contribution is -0.123. The van der Waals surface area contributed by atoms with E-state index in [0.29, 0.717) is 13.1 Å². The van der Waals surface area contributed by atoms with Crippen LogP contribution in [0.25, 0.3) is 10.6 Å². The summed E-state index contributed by atoms with van der Waals surface area (Å²) >= 11 is 1.57. The van der Waals surface area contributed by atoms with Crippen molar-refractivity contribution in [1.82, 2.24) is 10.3 Å². The molecular weight excluding hydrogens is 286 g/mol. The van der Waals surface area contributed by atoms with Crippen molar-refractivity contribution in [2.75, 3.05) is 13.7 Å². The molecule has 1 atom stereocenters. The molecule has 5 nitrogen and oxygen atoms in total. The van der Waals surface area contributed by atoms with Gasteiger partial charge >= 0.3 is 0 Å². The van der Waals surface area contributed by atoms with Crippen LogP contribution in [0.2, 0.25) is 0 Å². The van der Waals surface area contributed by atoms with Crippen LogP contribution in [-0.4, -0.2) is 30.6 Å². The molecular formula is C15H19N3O2S. The minimum Gasteiger partial charge on any atom is -0.380 e. The van der Waals surface area contributed by atoms with Gasteiger partial charge in [-0.1, -0.05) is 30.3 Å². The second kappa shape index (κ2) is 7.87. The summed E-state index contributed by atoms with van der Waals surface area (Å²) in [5.74, 6) is -0.0819. The highest BCUT2D eigenvalue weighted by Gasteiger charge is 2.11. The van der Waals surface area contributed by atoms with Crippen LogP contribution < -0.4 is 11.1 Å². The number of carbonyl (C=O) groups excluding carboxylic acids is 1. The van der Waals surface area contributed by atoms with Gasteiger partial charge in [-0.25, -0.2) is 4.98 Å². The Morgan fingerprint density at radius 3 is 2.86 bits per heavy atom. The van der Waals surface area contributed by atoms with Crippen molar-refractivity contribution in [2.24, 2.45) is 5.73 Å².